The van der Waals surface area contributed by atoms with Crippen LogP contribution in [0.4, 0.5) is 0 Å². The molecule has 2 atom stereocenters. The van der Waals surface area contributed by atoms with Crippen LogP contribution in [0.3, 0.4) is 0 Å². The minimum atomic E-state index is -0.786. The lowest BCUT2D eigenvalue weighted by Gasteiger charge is -2.42. The molecule has 0 bridgehead atoms. The van der Waals surface area contributed by atoms with Crippen LogP contribution in [0.25, 0.3) is 0 Å². The predicted octanol–water partition coefficient (Wildman–Crippen LogP) is 3.87. The average Bonchev–Trinajstić information content (AvgIpc) is 2.91. The number of benzene rings is 2. The molecule has 1 aliphatic rings. The van der Waals surface area contributed by atoms with Gasteiger partial charge in [-0.1, -0.05) is 60.7 Å². The van der Waals surface area contributed by atoms with Gasteiger partial charge < -0.3 is 10.2 Å². The number of carbonyl (C=O) groups is 1. The van der Waals surface area contributed by atoms with Crippen molar-refractivity contribution < 1.29 is 9.28 Å². The van der Waals surface area contributed by atoms with Gasteiger partial charge in [-0.25, -0.2) is 0 Å². The maximum absolute atomic E-state index is 12.9. The third kappa shape index (κ3) is 3.05. The lowest BCUT2D eigenvalue weighted by Crippen LogP contribution is -2.55. The van der Waals surface area contributed by atoms with Gasteiger partial charge in [0.25, 0.3) is 0 Å². The van der Waals surface area contributed by atoms with Crippen LogP contribution in [0.1, 0.15) is 44.2 Å². The molecular formula is C23H31N2O+. The van der Waals surface area contributed by atoms with Crippen LogP contribution in [0.5, 0.6) is 0 Å². The molecule has 2 aromatic rings. The molecule has 2 aromatic carbocycles. The van der Waals surface area contributed by atoms with Gasteiger partial charge in [-0.15, -0.1) is 0 Å². The number of amides is 1. The maximum atomic E-state index is 12.9. The molecule has 0 aliphatic carbocycles. The van der Waals surface area contributed by atoms with Crippen molar-refractivity contribution in [2.45, 2.75) is 50.6 Å². The number of nitrogens with two attached hydrogens (primary N) is 1. The molecule has 138 valence electrons. The van der Waals surface area contributed by atoms with Gasteiger partial charge >= 0.3 is 0 Å². The van der Waals surface area contributed by atoms with Crippen LogP contribution in [-0.2, 0) is 10.2 Å². The zero-order valence-electron chi connectivity index (χ0n) is 16.2. The monoisotopic (exact) mass is 351 g/mol. The van der Waals surface area contributed by atoms with Crippen molar-refractivity contribution >= 4 is 5.91 Å². The van der Waals surface area contributed by atoms with Gasteiger partial charge in [-0.05, 0) is 25.0 Å². The van der Waals surface area contributed by atoms with Crippen molar-refractivity contribution in [3.63, 3.8) is 0 Å². The summed E-state index contributed by atoms with van der Waals surface area (Å²) in [6.07, 6.45) is 3.22. The minimum Gasteiger partial charge on any atom is -0.369 e. The number of carbonyl (C=O) groups excluding carboxylic acids is 1. The molecule has 2 unspecified atom stereocenters. The predicted molar refractivity (Wildman–Crippen MR) is 107 cm³/mol. The van der Waals surface area contributed by atoms with Gasteiger partial charge in [-0.3, -0.25) is 4.79 Å². The van der Waals surface area contributed by atoms with Gasteiger partial charge in [0.1, 0.15) is 5.41 Å². The fourth-order valence-electron chi connectivity index (χ4n) is 4.66. The summed E-state index contributed by atoms with van der Waals surface area (Å²) in [5.74, 6) is -0.263. The molecular weight excluding hydrogens is 320 g/mol. The van der Waals surface area contributed by atoms with Gasteiger partial charge in [0, 0.05) is 19.3 Å². The van der Waals surface area contributed by atoms with E-state index in [1.165, 1.54) is 12.8 Å². The van der Waals surface area contributed by atoms with Crippen LogP contribution in [0, 0.1) is 0 Å². The highest BCUT2D eigenvalue weighted by Crippen LogP contribution is 2.39. The Hall–Kier alpha value is -2.13. The van der Waals surface area contributed by atoms with E-state index >= 15 is 0 Å². The molecule has 1 fully saturated rings. The summed E-state index contributed by atoms with van der Waals surface area (Å²) in [5, 5.41) is 0. The van der Waals surface area contributed by atoms with Crippen molar-refractivity contribution in [3.05, 3.63) is 71.8 Å². The molecule has 1 aliphatic heterocycles. The number of hydrogen-bond acceptors (Lipinski definition) is 1. The van der Waals surface area contributed by atoms with E-state index in [0.717, 1.165) is 28.6 Å². The second kappa shape index (κ2) is 7.24. The molecule has 1 amide bonds. The Kier molecular flexibility index (Phi) is 5.19. The number of likely N-dealkylation sites (tertiary alicyclic amines) is 1. The van der Waals surface area contributed by atoms with Crippen LogP contribution >= 0.6 is 0 Å². The normalized spacial score (nSPS) is 26.0. The van der Waals surface area contributed by atoms with Crippen molar-refractivity contribution in [1.82, 2.24) is 0 Å². The third-order valence-corrected chi connectivity index (χ3v) is 6.94. The first-order valence-corrected chi connectivity index (χ1v) is 9.67. The Morgan fingerprint density at radius 1 is 0.962 bits per heavy atom. The molecule has 0 spiro atoms. The van der Waals surface area contributed by atoms with Gasteiger partial charge in [0.2, 0.25) is 5.91 Å². The standard InChI is InChI=1S/C23H30N2O/c1-18-14-15-19(2)25(18,3)17-16-23(22(24)26,20-10-6-4-7-11-20)21-12-8-5-9-13-21/h4-13,18-19H,14-17H2,1-3H3,(H-,24,26)/p+1. The molecule has 0 saturated carbocycles. The summed E-state index contributed by atoms with van der Waals surface area (Å²) in [6.45, 7) is 5.61. The zero-order chi connectivity index (χ0) is 18.8. The van der Waals surface area contributed by atoms with Crippen LogP contribution in [0.15, 0.2) is 60.7 Å². The first-order chi connectivity index (χ1) is 12.4. The molecule has 3 nitrogen and oxygen atoms in total. The molecule has 3 rings (SSSR count). The molecule has 26 heavy (non-hydrogen) atoms. The fourth-order valence-corrected chi connectivity index (χ4v) is 4.66. The Morgan fingerprint density at radius 2 is 1.38 bits per heavy atom. The second-order valence-corrected chi connectivity index (χ2v) is 8.10. The van der Waals surface area contributed by atoms with E-state index in [2.05, 4.69) is 20.9 Å². The molecule has 1 saturated heterocycles. The smallest absolute Gasteiger partial charge is 0.232 e. The highest BCUT2D eigenvalue weighted by Gasteiger charge is 2.46. The largest absolute Gasteiger partial charge is 0.369 e. The van der Waals surface area contributed by atoms with Crippen LogP contribution in [-0.4, -0.2) is 36.1 Å². The van der Waals surface area contributed by atoms with Crippen LogP contribution in [0.2, 0.25) is 0 Å². The first kappa shape index (κ1) is 18.7. The number of primary amides is 1. The van der Waals surface area contributed by atoms with E-state index in [1.54, 1.807) is 0 Å². The van der Waals surface area contributed by atoms with Crippen LogP contribution < -0.4 is 5.73 Å². The second-order valence-electron chi connectivity index (χ2n) is 8.10. The zero-order valence-corrected chi connectivity index (χ0v) is 16.2. The molecule has 2 N–H and O–H groups in total. The Bertz CT molecular complexity index is 692. The molecule has 0 aromatic heterocycles. The Balaban J connectivity index is 2.05. The number of nitrogens with zero attached hydrogens (tertiary/aromatic N) is 1. The van der Waals surface area contributed by atoms with Crippen molar-refractivity contribution in [3.8, 4) is 0 Å². The maximum Gasteiger partial charge on any atom is 0.232 e. The SMILES string of the molecule is CC1CCC(C)[N+]1(C)CCC(C(N)=O)(c1ccccc1)c1ccccc1. The summed E-state index contributed by atoms with van der Waals surface area (Å²) in [5.41, 5.74) is 7.28. The Labute approximate surface area is 157 Å². The molecule has 3 heteroatoms. The first-order valence-electron chi connectivity index (χ1n) is 9.67. The number of hydrogen-bond donors (Lipinski definition) is 1. The van der Waals surface area contributed by atoms with E-state index in [-0.39, 0.29) is 5.91 Å². The topological polar surface area (TPSA) is 43.1 Å². The van der Waals surface area contributed by atoms with E-state index in [1.807, 2.05) is 60.7 Å². The summed E-state index contributed by atoms with van der Waals surface area (Å²) in [6, 6.07) is 21.3. The van der Waals surface area contributed by atoms with Crippen molar-refractivity contribution in [1.29, 1.82) is 0 Å². The van der Waals surface area contributed by atoms with E-state index in [9.17, 15) is 4.79 Å². The van der Waals surface area contributed by atoms with Gasteiger partial charge in [0.05, 0.1) is 25.7 Å². The summed E-state index contributed by atoms with van der Waals surface area (Å²) in [7, 11) is 2.34. The lowest BCUT2D eigenvalue weighted by atomic mass is 9.71. The molecule has 1 heterocycles. The quantitative estimate of drug-likeness (QED) is 0.789. The lowest BCUT2D eigenvalue weighted by molar-refractivity contribution is -0.940. The van der Waals surface area contributed by atoms with E-state index in [4.69, 9.17) is 5.73 Å². The summed E-state index contributed by atoms with van der Waals surface area (Å²) >= 11 is 0. The minimum absolute atomic E-state index is 0.263. The average molecular weight is 352 g/mol. The van der Waals surface area contributed by atoms with E-state index in [0.29, 0.717) is 12.1 Å². The number of quaternary nitrogens is 1. The third-order valence-electron chi connectivity index (χ3n) is 6.94. The summed E-state index contributed by atoms with van der Waals surface area (Å²) < 4.78 is 1.01. The van der Waals surface area contributed by atoms with Crippen molar-refractivity contribution in [2.24, 2.45) is 5.73 Å². The number of rotatable bonds is 6. The van der Waals surface area contributed by atoms with Gasteiger partial charge in [0.15, 0.2) is 0 Å². The highest BCUT2D eigenvalue weighted by atomic mass is 16.1. The van der Waals surface area contributed by atoms with Crippen molar-refractivity contribution in [2.75, 3.05) is 13.6 Å². The Morgan fingerprint density at radius 3 is 1.77 bits per heavy atom. The van der Waals surface area contributed by atoms with E-state index < -0.39 is 5.41 Å². The van der Waals surface area contributed by atoms with Gasteiger partial charge in [-0.2, -0.15) is 0 Å². The highest BCUT2D eigenvalue weighted by molar-refractivity contribution is 5.90. The molecule has 0 radical (unpaired) electrons. The fraction of sp³-hybridized carbons (Fsp3) is 0.435. The summed E-state index contributed by atoms with van der Waals surface area (Å²) in [4.78, 5) is 12.9.